The summed E-state index contributed by atoms with van der Waals surface area (Å²) in [5.41, 5.74) is 5.73. The number of imide groups is 1. The highest BCUT2D eigenvalue weighted by atomic mass is 35.5. The Labute approximate surface area is 115 Å². The fourth-order valence-electron chi connectivity index (χ4n) is 1.16. The lowest BCUT2D eigenvalue weighted by Gasteiger charge is -2.08. The zero-order chi connectivity index (χ0) is 13.5. The number of hydrogen-bond donors (Lipinski definition) is 2. The summed E-state index contributed by atoms with van der Waals surface area (Å²) in [7, 11) is 0. The highest BCUT2D eigenvalue weighted by Crippen LogP contribution is 2.14. The van der Waals surface area contributed by atoms with Crippen molar-refractivity contribution >= 4 is 35.2 Å². The van der Waals surface area contributed by atoms with Crippen molar-refractivity contribution in [1.82, 2.24) is 5.32 Å². The summed E-state index contributed by atoms with van der Waals surface area (Å²) in [5, 5.41) is 2.80. The van der Waals surface area contributed by atoms with Crippen LogP contribution in [0, 0.1) is 0 Å². The van der Waals surface area contributed by atoms with Gasteiger partial charge in [0.05, 0.1) is 16.3 Å². The number of hydrogen-bond acceptors (Lipinski definition) is 4. The van der Waals surface area contributed by atoms with Gasteiger partial charge in [-0.25, -0.2) is 0 Å². The summed E-state index contributed by atoms with van der Waals surface area (Å²) in [6.07, 6.45) is 0. The molecule has 0 fully saturated rings. The standard InChI is InChI=1S/C12H15ClN2O2S/c1-8(6-14)18-7-11(16)15-12(17)9-4-2-3-5-10(9)13/h2-5,8H,6-7,14H2,1H3,(H,15,16,17). The van der Waals surface area contributed by atoms with Gasteiger partial charge in [0.1, 0.15) is 0 Å². The first kappa shape index (κ1) is 15.0. The fourth-order valence-corrected chi connectivity index (χ4v) is 2.03. The molecular weight excluding hydrogens is 272 g/mol. The molecule has 1 aromatic rings. The molecule has 1 aromatic carbocycles. The van der Waals surface area contributed by atoms with E-state index in [0.29, 0.717) is 17.1 Å². The Kier molecular flexibility index (Phi) is 6.18. The molecule has 0 radical (unpaired) electrons. The number of carbonyl (C=O) groups is 2. The van der Waals surface area contributed by atoms with E-state index in [2.05, 4.69) is 5.32 Å². The first-order chi connectivity index (χ1) is 8.54. The molecule has 0 bridgehead atoms. The lowest BCUT2D eigenvalue weighted by molar-refractivity contribution is -0.117. The molecule has 1 rings (SSSR count). The maximum atomic E-state index is 11.7. The van der Waals surface area contributed by atoms with Gasteiger partial charge in [0.2, 0.25) is 5.91 Å². The largest absolute Gasteiger partial charge is 0.329 e. The number of halogens is 1. The second kappa shape index (κ2) is 7.41. The van der Waals surface area contributed by atoms with Gasteiger partial charge in [-0.2, -0.15) is 0 Å². The molecule has 0 heterocycles. The number of thioether (sulfide) groups is 1. The first-order valence-electron chi connectivity index (χ1n) is 5.45. The van der Waals surface area contributed by atoms with Crippen LogP contribution in [0.15, 0.2) is 24.3 Å². The normalized spacial score (nSPS) is 11.9. The third-order valence-electron chi connectivity index (χ3n) is 2.20. The van der Waals surface area contributed by atoms with Crippen LogP contribution in [0.25, 0.3) is 0 Å². The quantitative estimate of drug-likeness (QED) is 0.864. The molecule has 0 aromatic heterocycles. The minimum absolute atomic E-state index is 0.186. The molecule has 18 heavy (non-hydrogen) atoms. The molecule has 0 spiro atoms. The number of carbonyl (C=O) groups excluding carboxylic acids is 2. The van der Waals surface area contributed by atoms with Gasteiger partial charge in [-0.3, -0.25) is 14.9 Å². The summed E-state index contributed by atoms with van der Waals surface area (Å²) in [4.78, 5) is 23.3. The van der Waals surface area contributed by atoms with E-state index < -0.39 is 5.91 Å². The van der Waals surface area contributed by atoms with Crippen molar-refractivity contribution in [2.45, 2.75) is 12.2 Å². The molecular formula is C12H15ClN2O2S. The van der Waals surface area contributed by atoms with Gasteiger partial charge in [-0.15, -0.1) is 11.8 Å². The molecule has 0 aliphatic carbocycles. The Morgan fingerprint density at radius 3 is 2.72 bits per heavy atom. The Bertz CT molecular complexity index is 440. The van der Waals surface area contributed by atoms with Gasteiger partial charge in [0, 0.05) is 11.8 Å². The van der Waals surface area contributed by atoms with Crippen molar-refractivity contribution in [2.24, 2.45) is 5.73 Å². The van der Waals surface area contributed by atoms with Crippen LogP contribution in [0.3, 0.4) is 0 Å². The number of nitrogens with two attached hydrogens (primary N) is 1. The van der Waals surface area contributed by atoms with Crippen molar-refractivity contribution in [3.63, 3.8) is 0 Å². The van der Waals surface area contributed by atoms with Crippen molar-refractivity contribution in [1.29, 1.82) is 0 Å². The molecule has 3 N–H and O–H groups in total. The highest BCUT2D eigenvalue weighted by Gasteiger charge is 2.13. The first-order valence-corrected chi connectivity index (χ1v) is 6.87. The fraction of sp³-hybridized carbons (Fsp3) is 0.333. The maximum Gasteiger partial charge on any atom is 0.259 e. The summed E-state index contributed by atoms with van der Waals surface area (Å²) in [6, 6.07) is 6.59. The van der Waals surface area contributed by atoms with Crippen LogP contribution in [-0.2, 0) is 4.79 Å². The minimum Gasteiger partial charge on any atom is -0.329 e. The summed E-state index contributed by atoms with van der Waals surface area (Å²) < 4.78 is 0. The number of amides is 2. The van der Waals surface area contributed by atoms with E-state index in [9.17, 15) is 9.59 Å². The lowest BCUT2D eigenvalue weighted by atomic mass is 10.2. The third kappa shape index (κ3) is 4.68. The van der Waals surface area contributed by atoms with Gasteiger partial charge >= 0.3 is 0 Å². The van der Waals surface area contributed by atoms with Crippen molar-refractivity contribution in [3.8, 4) is 0 Å². The number of rotatable bonds is 5. The topological polar surface area (TPSA) is 72.2 Å². The summed E-state index contributed by atoms with van der Waals surface area (Å²) in [5.74, 6) is -0.619. The summed E-state index contributed by atoms with van der Waals surface area (Å²) in [6.45, 7) is 2.42. The van der Waals surface area contributed by atoms with E-state index in [-0.39, 0.29) is 16.9 Å². The zero-order valence-electron chi connectivity index (χ0n) is 9.98. The maximum absolute atomic E-state index is 11.7. The predicted octanol–water partition coefficient (Wildman–Crippen LogP) is 1.68. The van der Waals surface area contributed by atoms with E-state index >= 15 is 0 Å². The zero-order valence-corrected chi connectivity index (χ0v) is 11.6. The number of nitrogens with one attached hydrogen (secondary N) is 1. The van der Waals surface area contributed by atoms with E-state index in [1.165, 1.54) is 11.8 Å². The molecule has 98 valence electrons. The molecule has 1 atom stereocenters. The molecule has 0 aliphatic heterocycles. The van der Waals surface area contributed by atoms with Crippen LogP contribution >= 0.6 is 23.4 Å². The van der Waals surface area contributed by atoms with E-state index in [1.54, 1.807) is 24.3 Å². The molecule has 0 saturated heterocycles. The van der Waals surface area contributed by atoms with Crippen LogP contribution in [0.1, 0.15) is 17.3 Å². The van der Waals surface area contributed by atoms with Crippen molar-refractivity contribution in [2.75, 3.05) is 12.3 Å². The molecule has 0 saturated carbocycles. The van der Waals surface area contributed by atoms with Gasteiger partial charge < -0.3 is 5.73 Å². The molecule has 2 amide bonds. The average Bonchev–Trinajstić information content (AvgIpc) is 2.36. The molecule has 1 unspecified atom stereocenters. The van der Waals surface area contributed by atoms with Crippen LogP contribution in [0.5, 0.6) is 0 Å². The van der Waals surface area contributed by atoms with Crippen LogP contribution in [0.2, 0.25) is 5.02 Å². The van der Waals surface area contributed by atoms with Gasteiger partial charge in [0.25, 0.3) is 5.91 Å². The van der Waals surface area contributed by atoms with Gasteiger partial charge in [-0.05, 0) is 12.1 Å². The number of benzene rings is 1. The van der Waals surface area contributed by atoms with Gasteiger partial charge in [0.15, 0.2) is 0 Å². The van der Waals surface area contributed by atoms with E-state index in [0.717, 1.165) is 0 Å². The van der Waals surface area contributed by atoms with Crippen LogP contribution in [-0.4, -0.2) is 29.4 Å². The highest BCUT2D eigenvalue weighted by molar-refractivity contribution is 8.00. The second-order valence-electron chi connectivity index (χ2n) is 3.71. The molecule has 4 nitrogen and oxygen atoms in total. The SMILES string of the molecule is CC(CN)SCC(=O)NC(=O)c1ccccc1Cl. The summed E-state index contributed by atoms with van der Waals surface area (Å²) >= 11 is 7.26. The second-order valence-corrected chi connectivity index (χ2v) is 5.55. The molecule has 0 aliphatic rings. The smallest absolute Gasteiger partial charge is 0.259 e. The Balaban J connectivity index is 2.50. The van der Waals surface area contributed by atoms with E-state index in [1.807, 2.05) is 6.92 Å². The minimum atomic E-state index is -0.480. The van der Waals surface area contributed by atoms with Crippen molar-refractivity contribution < 1.29 is 9.59 Å². The Morgan fingerprint density at radius 1 is 1.44 bits per heavy atom. The molecule has 6 heteroatoms. The predicted molar refractivity (Wildman–Crippen MR) is 74.9 cm³/mol. The van der Waals surface area contributed by atoms with Crippen molar-refractivity contribution in [3.05, 3.63) is 34.9 Å². The third-order valence-corrected chi connectivity index (χ3v) is 3.72. The van der Waals surface area contributed by atoms with E-state index in [4.69, 9.17) is 17.3 Å². The van der Waals surface area contributed by atoms with Crippen LogP contribution < -0.4 is 11.1 Å². The monoisotopic (exact) mass is 286 g/mol. The lowest BCUT2D eigenvalue weighted by Crippen LogP contribution is -2.32. The Hall–Kier alpha value is -1.04. The van der Waals surface area contributed by atoms with Gasteiger partial charge in [-0.1, -0.05) is 30.7 Å². The average molecular weight is 287 g/mol. The Morgan fingerprint density at radius 2 is 2.11 bits per heavy atom. The van der Waals surface area contributed by atoms with Crippen LogP contribution in [0.4, 0.5) is 0 Å².